The van der Waals surface area contributed by atoms with Crippen LogP contribution in [-0.4, -0.2) is 91.1 Å². The van der Waals surface area contributed by atoms with E-state index < -0.39 is 57.7 Å². The minimum Gasteiger partial charge on any atom is -0.394 e. The molecule has 1 heterocycles. The summed E-state index contributed by atoms with van der Waals surface area (Å²) in [6, 6.07) is 0. The predicted octanol–water partition coefficient (Wildman–Crippen LogP) is 0.932. The smallest absolute Gasteiger partial charge is 0.394 e. The van der Waals surface area contributed by atoms with Gasteiger partial charge in [0.05, 0.1) is 6.61 Å². The number of nitrogens with zero attached hydrogens (tertiary/aromatic N) is 1. The molecule has 1 rings (SSSR count). The molecule has 1 unspecified atom stereocenters. The fourth-order valence-electron chi connectivity index (χ4n) is 3.33. The standard InChI is InChI=1S/C19H37NO10S3/c1-32(25)12-10-8-6-4-2-3-5-7-9-11-15(20-30-33(26,27)28)31-19-18(24)17(23)16(22)14(13-21)29-19/h14,16-19,21-24H,2-13H2,1H3,(H,26,27,28)/t14-,16-,17+,18-,19+,32?/m1/s1. The number of unbranched alkanes of at least 4 members (excludes halogenated alkanes) is 8. The van der Waals surface area contributed by atoms with Crippen LogP contribution in [0.5, 0.6) is 0 Å². The third-order valence-corrected chi connectivity index (χ3v) is 7.46. The van der Waals surface area contributed by atoms with E-state index >= 15 is 0 Å². The lowest BCUT2D eigenvalue weighted by atomic mass is 10.0. The van der Waals surface area contributed by atoms with Gasteiger partial charge in [-0.25, -0.2) is 4.28 Å². The SMILES string of the molecule is CS(=O)CCCCCCCCCCCC(=NOS(=O)(=O)O)S[C@@H]1O[C@H](CO)[C@@H](O)[C@H](O)[C@H]1O. The van der Waals surface area contributed by atoms with Crippen LogP contribution in [0, 0.1) is 0 Å². The van der Waals surface area contributed by atoms with Crippen LogP contribution in [-0.2, 0) is 30.2 Å². The summed E-state index contributed by atoms with van der Waals surface area (Å²) in [7, 11) is -5.54. The Morgan fingerprint density at radius 2 is 1.52 bits per heavy atom. The lowest BCUT2D eigenvalue weighted by Gasteiger charge is -2.39. The molecule has 33 heavy (non-hydrogen) atoms. The Kier molecular flexibility index (Phi) is 15.2. The molecule has 196 valence electrons. The van der Waals surface area contributed by atoms with Gasteiger partial charge in [0.2, 0.25) is 0 Å². The minimum atomic E-state index is -4.82. The third kappa shape index (κ3) is 13.4. The van der Waals surface area contributed by atoms with Gasteiger partial charge < -0.3 is 25.2 Å². The van der Waals surface area contributed by atoms with Gasteiger partial charge in [-0.2, -0.15) is 8.42 Å². The van der Waals surface area contributed by atoms with E-state index in [1.54, 1.807) is 6.26 Å². The maximum Gasteiger partial charge on any atom is 0.466 e. The number of hydrogen-bond donors (Lipinski definition) is 5. The lowest BCUT2D eigenvalue weighted by Crippen LogP contribution is -2.57. The maximum absolute atomic E-state index is 11.0. The highest BCUT2D eigenvalue weighted by Gasteiger charge is 2.44. The summed E-state index contributed by atoms with van der Waals surface area (Å²) in [6.45, 7) is -0.589. The zero-order valence-electron chi connectivity index (χ0n) is 18.8. The molecule has 0 aromatic carbocycles. The second-order valence-corrected chi connectivity index (χ2v) is 11.7. The van der Waals surface area contributed by atoms with Crippen LogP contribution in [0.4, 0.5) is 0 Å². The number of ether oxygens (including phenoxy) is 1. The van der Waals surface area contributed by atoms with Gasteiger partial charge in [0.25, 0.3) is 0 Å². The maximum atomic E-state index is 11.0. The molecule has 5 N–H and O–H groups in total. The van der Waals surface area contributed by atoms with Crippen molar-refractivity contribution >= 4 is 38.0 Å². The van der Waals surface area contributed by atoms with E-state index in [0.717, 1.165) is 68.9 Å². The first-order chi connectivity index (χ1) is 15.5. The van der Waals surface area contributed by atoms with Crippen LogP contribution < -0.4 is 0 Å². The topological polar surface area (TPSA) is 183 Å². The fraction of sp³-hybridized carbons (Fsp3) is 0.947. The van der Waals surface area contributed by atoms with Crippen molar-refractivity contribution in [3.8, 4) is 0 Å². The van der Waals surface area contributed by atoms with Gasteiger partial charge in [-0.15, -0.1) is 0 Å². The van der Waals surface area contributed by atoms with Crippen molar-refractivity contribution in [2.45, 2.75) is 94.1 Å². The molecule has 1 aliphatic heterocycles. The van der Waals surface area contributed by atoms with Gasteiger partial charge in [-0.05, 0) is 19.3 Å². The summed E-state index contributed by atoms with van der Waals surface area (Å²) in [4.78, 5) is 0. The number of aliphatic hydroxyl groups excluding tert-OH is 4. The van der Waals surface area contributed by atoms with Crippen molar-refractivity contribution in [3.63, 3.8) is 0 Å². The van der Waals surface area contributed by atoms with Gasteiger partial charge >= 0.3 is 10.4 Å². The normalized spacial score (nSPS) is 27.5. The summed E-state index contributed by atoms with van der Waals surface area (Å²) in [5.41, 5.74) is -1.13. The summed E-state index contributed by atoms with van der Waals surface area (Å²) in [5, 5.41) is 42.8. The van der Waals surface area contributed by atoms with Crippen LogP contribution >= 0.6 is 11.8 Å². The number of hydrogen-bond acceptors (Lipinski definition) is 11. The summed E-state index contributed by atoms with van der Waals surface area (Å²) in [6.07, 6.45) is 5.22. The van der Waals surface area contributed by atoms with Crippen molar-refractivity contribution in [3.05, 3.63) is 0 Å². The molecule has 6 atom stereocenters. The van der Waals surface area contributed by atoms with Crippen molar-refractivity contribution in [1.82, 2.24) is 0 Å². The zero-order chi connectivity index (χ0) is 24.9. The molecule has 1 fully saturated rings. The highest BCUT2D eigenvalue weighted by atomic mass is 32.3. The highest BCUT2D eigenvalue weighted by Crippen LogP contribution is 2.31. The quantitative estimate of drug-likeness (QED) is 0.0623. The zero-order valence-corrected chi connectivity index (χ0v) is 21.3. The van der Waals surface area contributed by atoms with Crippen LogP contribution in [0.25, 0.3) is 0 Å². The molecule has 0 aliphatic carbocycles. The molecule has 0 spiro atoms. The average molecular weight is 536 g/mol. The Morgan fingerprint density at radius 3 is 2.03 bits per heavy atom. The molecule has 11 nitrogen and oxygen atoms in total. The summed E-state index contributed by atoms with van der Waals surface area (Å²) in [5.74, 6) is 0.756. The van der Waals surface area contributed by atoms with Crippen LogP contribution in [0.2, 0.25) is 0 Å². The molecule has 0 aromatic heterocycles. The summed E-state index contributed by atoms with van der Waals surface area (Å²) >= 11 is 0.794. The van der Waals surface area contributed by atoms with E-state index in [2.05, 4.69) is 9.44 Å². The van der Waals surface area contributed by atoms with Crippen LogP contribution in [0.3, 0.4) is 0 Å². The number of aliphatic hydroxyl groups is 4. The monoisotopic (exact) mass is 535 g/mol. The van der Waals surface area contributed by atoms with Gasteiger partial charge in [-0.3, -0.25) is 8.76 Å². The third-order valence-electron chi connectivity index (χ3n) is 5.16. The molecule has 1 saturated heterocycles. The largest absolute Gasteiger partial charge is 0.466 e. The van der Waals surface area contributed by atoms with Crippen LogP contribution in [0.15, 0.2) is 5.16 Å². The number of oxime groups is 1. The highest BCUT2D eigenvalue weighted by molar-refractivity contribution is 8.14. The van der Waals surface area contributed by atoms with Gasteiger partial charge in [0, 0.05) is 22.8 Å². The number of thioether (sulfide) groups is 1. The first kappa shape index (κ1) is 30.7. The predicted molar refractivity (Wildman–Crippen MR) is 127 cm³/mol. The minimum absolute atomic E-state index is 0.116. The lowest BCUT2D eigenvalue weighted by molar-refractivity contribution is -0.205. The Bertz CT molecular complexity index is 704. The van der Waals surface area contributed by atoms with Crippen molar-refractivity contribution in [1.29, 1.82) is 0 Å². The molecular weight excluding hydrogens is 498 g/mol. The Labute approximate surface area is 202 Å². The molecule has 0 amide bonds. The van der Waals surface area contributed by atoms with E-state index in [-0.39, 0.29) is 11.5 Å². The number of rotatable bonds is 16. The Hall–Kier alpha value is -0.320. The molecular formula is C19H37NO10S3. The molecule has 0 radical (unpaired) electrons. The van der Waals surface area contributed by atoms with Crippen LogP contribution in [0.1, 0.15) is 64.2 Å². The molecule has 0 aromatic rings. The second kappa shape index (κ2) is 16.4. The summed E-state index contributed by atoms with van der Waals surface area (Å²) < 4.78 is 51.0. The molecule has 0 bridgehead atoms. The fourth-order valence-corrected chi connectivity index (χ4v) is 5.28. The molecule has 14 heteroatoms. The Morgan fingerprint density at radius 1 is 0.970 bits per heavy atom. The second-order valence-electron chi connectivity index (χ2n) is 8.01. The van der Waals surface area contributed by atoms with E-state index in [0.29, 0.717) is 6.42 Å². The first-order valence-electron chi connectivity index (χ1n) is 11.0. The van der Waals surface area contributed by atoms with Gasteiger partial charge in [-0.1, -0.05) is 61.9 Å². The van der Waals surface area contributed by atoms with E-state index in [4.69, 9.17) is 9.29 Å². The van der Waals surface area contributed by atoms with Crippen molar-refractivity contribution < 1.29 is 46.6 Å². The van der Waals surface area contributed by atoms with Crippen molar-refractivity contribution in [2.75, 3.05) is 18.6 Å². The van der Waals surface area contributed by atoms with E-state index in [1.807, 2.05) is 0 Å². The van der Waals surface area contributed by atoms with E-state index in [1.165, 1.54) is 0 Å². The Balaban J connectivity index is 2.43. The van der Waals surface area contributed by atoms with Crippen molar-refractivity contribution in [2.24, 2.45) is 5.16 Å². The molecule has 0 saturated carbocycles. The van der Waals surface area contributed by atoms with Gasteiger partial charge in [0.15, 0.2) is 0 Å². The average Bonchev–Trinajstić information content (AvgIpc) is 2.74. The first-order valence-corrected chi connectivity index (χ1v) is 15.0. The molecule has 1 aliphatic rings. The van der Waals surface area contributed by atoms with Gasteiger partial charge in [0.1, 0.15) is 34.9 Å². The van der Waals surface area contributed by atoms with E-state index in [9.17, 15) is 33.1 Å².